The second-order valence-electron chi connectivity index (χ2n) is 4.59. The van der Waals surface area contributed by atoms with Gasteiger partial charge >= 0.3 is 0 Å². The van der Waals surface area contributed by atoms with Gasteiger partial charge in [0, 0.05) is 11.9 Å². The van der Waals surface area contributed by atoms with Gasteiger partial charge in [0.05, 0.1) is 0 Å². The minimum absolute atomic E-state index is 0.0714. The predicted molar refractivity (Wildman–Crippen MR) is 73.4 cm³/mol. The number of hydrogen-bond donors (Lipinski definition) is 2. The number of nitrogens with two attached hydrogens (primary N) is 1. The summed E-state index contributed by atoms with van der Waals surface area (Å²) in [5, 5.41) is 7.48. The topological polar surface area (TPSA) is 62.8 Å². The molecule has 0 bridgehead atoms. The average Bonchev–Trinajstić information content (AvgIpc) is 2.82. The summed E-state index contributed by atoms with van der Waals surface area (Å²) in [7, 11) is 0. The maximum atomic E-state index is 7.48. The SMILES string of the molecule is N=C(N)c1ncccc1CSCC1CCCC1. The molecule has 1 saturated carbocycles. The third-order valence-electron chi connectivity index (χ3n) is 3.23. The summed E-state index contributed by atoms with van der Waals surface area (Å²) in [6.07, 6.45) is 7.27. The van der Waals surface area contributed by atoms with E-state index in [1.54, 1.807) is 6.20 Å². The lowest BCUT2D eigenvalue weighted by atomic mass is 10.1. The average molecular weight is 249 g/mol. The molecule has 1 aromatic rings. The van der Waals surface area contributed by atoms with Crippen molar-refractivity contribution >= 4 is 17.6 Å². The Bertz CT molecular complexity index is 386. The molecule has 3 nitrogen and oxygen atoms in total. The summed E-state index contributed by atoms with van der Waals surface area (Å²) in [6.45, 7) is 0. The Labute approximate surface area is 107 Å². The lowest BCUT2D eigenvalue weighted by Crippen LogP contribution is -2.15. The molecule has 92 valence electrons. The second-order valence-corrected chi connectivity index (χ2v) is 5.62. The number of thioether (sulfide) groups is 1. The van der Waals surface area contributed by atoms with Crippen LogP contribution in [0.5, 0.6) is 0 Å². The maximum Gasteiger partial charge on any atom is 0.142 e. The molecule has 1 aromatic heterocycles. The van der Waals surface area contributed by atoms with Crippen molar-refractivity contribution in [3.63, 3.8) is 0 Å². The summed E-state index contributed by atoms with van der Waals surface area (Å²) in [5.41, 5.74) is 7.25. The zero-order valence-corrected chi connectivity index (χ0v) is 10.8. The van der Waals surface area contributed by atoms with Crippen molar-refractivity contribution in [3.05, 3.63) is 29.6 Å². The van der Waals surface area contributed by atoms with Crippen LogP contribution in [0.1, 0.15) is 36.9 Å². The van der Waals surface area contributed by atoms with Crippen molar-refractivity contribution in [3.8, 4) is 0 Å². The van der Waals surface area contributed by atoms with Crippen molar-refractivity contribution in [2.45, 2.75) is 31.4 Å². The summed E-state index contributed by atoms with van der Waals surface area (Å²) < 4.78 is 0. The van der Waals surface area contributed by atoms with Crippen molar-refractivity contribution in [1.82, 2.24) is 4.98 Å². The van der Waals surface area contributed by atoms with E-state index in [-0.39, 0.29) is 5.84 Å². The molecule has 0 amide bonds. The van der Waals surface area contributed by atoms with E-state index in [0.29, 0.717) is 5.69 Å². The van der Waals surface area contributed by atoms with Crippen LogP contribution in [0.4, 0.5) is 0 Å². The number of nitrogens with zero attached hydrogens (tertiary/aromatic N) is 1. The molecule has 0 radical (unpaired) electrons. The van der Waals surface area contributed by atoms with Crippen molar-refractivity contribution in [2.75, 3.05) is 5.75 Å². The molecular formula is C13H19N3S. The Morgan fingerprint density at radius 1 is 1.47 bits per heavy atom. The van der Waals surface area contributed by atoms with Crippen LogP contribution in [0.25, 0.3) is 0 Å². The first kappa shape index (κ1) is 12.4. The standard InChI is InChI=1S/C13H19N3S/c14-13(15)12-11(6-3-7-16-12)9-17-8-10-4-1-2-5-10/h3,6-7,10H,1-2,4-5,8-9H2,(H3,14,15). The molecule has 2 rings (SSSR count). The van der Waals surface area contributed by atoms with Gasteiger partial charge < -0.3 is 5.73 Å². The van der Waals surface area contributed by atoms with Crippen LogP contribution < -0.4 is 5.73 Å². The number of rotatable bonds is 5. The van der Waals surface area contributed by atoms with Crippen LogP contribution in [-0.2, 0) is 5.75 Å². The Balaban J connectivity index is 1.87. The fourth-order valence-electron chi connectivity index (χ4n) is 2.31. The van der Waals surface area contributed by atoms with E-state index in [1.165, 1.54) is 31.4 Å². The van der Waals surface area contributed by atoms with Crippen LogP contribution in [0, 0.1) is 11.3 Å². The first-order valence-corrected chi connectivity index (χ1v) is 7.29. The minimum atomic E-state index is 0.0714. The summed E-state index contributed by atoms with van der Waals surface area (Å²) >= 11 is 1.94. The number of aromatic nitrogens is 1. The number of pyridine rings is 1. The number of hydrogen-bond acceptors (Lipinski definition) is 3. The van der Waals surface area contributed by atoms with Gasteiger partial charge in [0.2, 0.25) is 0 Å². The molecular weight excluding hydrogens is 230 g/mol. The fraction of sp³-hybridized carbons (Fsp3) is 0.538. The van der Waals surface area contributed by atoms with Gasteiger partial charge in [-0.2, -0.15) is 11.8 Å². The van der Waals surface area contributed by atoms with Gasteiger partial charge in [0.25, 0.3) is 0 Å². The lowest BCUT2D eigenvalue weighted by molar-refractivity contribution is 0.623. The van der Waals surface area contributed by atoms with Crippen molar-refractivity contribution in [1.29, 1.82) is 5.41 Å². The van der Waals surface area contributed by atoms with Gasteiger partial charge in [-0.1, -0.05) is 18.9 Å². The monoisotopic (exact) mass is 249 g/mol. The molecule has 0 atom stereocenters. The molecule has 0 spiro atoms. The highest BCUT2D eigenvalue weighted by molar-refractivity contribution is 7.98. The van der Waals surface area contributed by atoms with E-state index in [0.717, 1.165) is 17.2 Å². The van der Waals surface area contributed by atoms with E-state index in [9.17, 15) is 0 Å². The van der Waals surface area contributed by atoms with Gasteiger partial charge in [-0.25, -0.2) is 0 Å². The highest BCUT2D eigenvalue weighted by Gasteiger charge is 2.15. The van der Waals surface area contributed by atoms with Crippen molar-refractivity contribution in [2.24, 2.45) is 11.7 Å². The number of nitrogen functional groups attached to an aromatic ring is 1. The Morgan fingerprint density at radius 2 is 2.24 bits per heavy atom. The van der Waals surface area contributed by atoms with Crippen LogP contribution >= 0.6 is 11.8 Å². The smallest absolute Gasteiger partial charge is 0.142 e. The third kappa shape index (κ3) is 3.46. The summed E-state index contributed by atoms with van der Waals surface area (Å²) in [6, 6.07) is 3.93. The second kappa shape index (κ2) is 6.05. The quantitative estimate of drug-likeness (QED) is 0.623. The van der Waals surface area contributed by atoms with Gasteiger partial charge in [0.15, 0.2) is 0 Å². The van der Waals surface area contributed by atoms with E-state index in [1.807, 2.05) is 23.9 Å². The first-order valence-electron chi connectivity index (χ1n) is 6.13. The zero-order chi connectivity index (χ0) is 12.1. The van der Waals surface area contributed by atoms with E-state index < -0.39 is 0 Å². The Kier molecular flexibility index (Phi) is 4.42. The minimum Gasteiger partial charge on any atom is -0.382 e. The lowest BCUT2D eigenvalue weighted by Gasteiger charge is -2.10. The first-order chi connectivity index (χ1) is 8.27. The van der Waals surface area contributed by atoms with Crippen LogP contribution in [0.3, 0.4) is 0 Å². The molecule has 4 heteroatoms. The zero-order valence-electron chi connectivity index (χ0n) is 9.98. The summed E-state index contributed by atoms with van der Waals surface area (Å²) in [4.78, 5) is 4.17. The molecule has 1 aliphatic rings. The molecule has 1 fully saturated rings. The van der Waals surface area contributed by atoms with Crippen LogP contribution in [-0.4, -0.2) is 16.6 Å². The fourth-order valence-corrected chi connectivity index (χ4v) is 3.55. The Morgan fingerprint density at radius 3 is 2.94 bits per heavy atom. The molecule has 0 unspecified atom stereocenters. The van der Waals surface area contributed by atoms with E-state index in [4.69, 9.17) is 11.1 Å². The number of nitrogens with one attached hydrogen (secondary N) is 1. The van der Waals surface area contributed by atoms with E-state index in [2.05, 4.69) is 4.98 Å². The molecule has 0 aliphatic heterocycles. The van der Waals surface area contributed by atoms with Gasteiger partial charge in [-0.15, -0.1) is 0 Å². The maximum absolute atomic E-state index is 7.48. The molecule has 17 heavy (non-hydrogen) atoms. The highest BCUT2D eigenvalue weighted by Crippen LogP contribution is 2.29. The molecule has 1 heterocycles. The molecule has 0 aromatic carbocycles. The van der Waals surface area contributed by atoms with E-state index >= 15 is 0 Å². The molecule has 3 N–H and O–H groups in total. The number of amidine groups is 1. The van der Waals surface area contributed by atoms with Gasteiger partial charge in [0.1, 0.15) is 11.5 Å². The Hall–Kier alpha value is -1.03. The predicted octanol–water partition coefficient (Wildman–Crippen LogP) is 2.79. The van der Waals surface area contributed by atoms with Gasteiger partial charge in [-0.3, -0.25) is 10.4 Å². The van der Waals surface area contributed by atoms with Gasteiger partial charge in [-0.05, 0) is 36.1 Å². The largest absolute Gasteiger partial charge is 0.382 e. The molecule has 0 saturated heterocycles. The summed E-state index contributed by atoms with van der Waals surface area (Å²) in [5.74, 6) is 3.12. The van der Waals surface area contributed by atoms with Crippen molar-refractivity contribution < 1.29 is 0 Å². The van der Waals surface area contributed by atoms with Crippen LogP contribution in [0.2, 0.25) is 0 Å². The highest BCUT2D eigenvalue weighted by atomic mass is 32.2. The third-order valence-corrected chi connectivity index (χ3v) is 4.45. The normalized spacial score (nSPS) is 16.2. The molecule has 1 aliphatic carbocycles. The van der Waals surface area contributed by atoms with Crippen LogP contribution in [0.15, 0.2) is 18.3 Å².